The molecule has 0 fully saturated rings. The molecule has 0 radical (unpaired) electrons. The van der Waals surface area contributed by atoms with E-state index in [0.717, 1.165) is 6.42 Å². The highest BCUT2D eigenvalue weighted by atomic mass is 32.2. The Morgan fingerprint density at radius 2 is 2.20 bits per heavy atom. The van der Waals surface area contributed by atoms with E-state index in [9.17, 15) is 8.42 Å². The lowest BCUT2D eigenvalue weighted by atomic mass is 10.0. The first-order valence-electron chi connectivity index (χ1n) is 6.34. The second-order valence-electron chi connectivity index (χ2n) is 4.51. The van der Waals surface area contributed by atoms with Crippen molar-refractivity contribution in [1.82, 2.24) is 4.72 Å². The maximum atomic E-state index is 12.2. The molecule has 1 aromatic rings. The number of nitrogen functional groups attached to an aromatic ring is 1. The van der Waals surface area contributed by atoms with E-state index in [1.807, 2.05) is 13.0 Å². The monoisotopic (exact) mass is 297 g/mol. The Labute approximate surface area is 119 Å². The highest BCUT2D eigenvalue weighted by Crippen LogP contribution is 2.18. The molecule has 7 heteroatoms. The van der Waals surface area contributed by atoms with Crippen molar-refractivity contribution in [1.29, 1.82) is 5.26 Å². The molecule has 0 spiro atoms. The van der Waals surface area contributed by atoms with Crippen LogP contribution in [0.15, 0.2) is 23.1 Å². The summed E-state index contributed by atoms with van der Waals surface area (Å²) in [6.07, 6.45) is 1.29. The number of hydrogen-bond acceptors (Lipinski definition) is 5. The molecule has 1 rings (SSSR count). The third-order valence-electron chi connectivity index (χ3n) is 3.09. The first-order chi connectivity index (χ1) is 9.44. The van der Waals surface area contributed by atoms with Gasteiger partial charge >= 0.3 is 0 Å². The SMILES string of the molecule is CCC(CCO)CNS(=O)(=O)c1ccc(N)cc1C#N. The molecular weight excluding hydrogens is 278 g/mol. The fraction of sp³-hybridized carbons (Fsp3) is 0.462. The third-order valence-corrected chi connectivity index (χ3v) is 4.57. The maximum Gasteiger partial charge on any atom is 0.241 e. The molecule has 4 N–H and O–H groups in total. The van der Waals surface area contributed by atoms with Gasteiger partial charge in [-0.2, -0.15) is 5.26 Å². The Morgan fingerprint density at radius 3 is 2.75 bits per heavy atom. The molecule has 0 bridgehead atoms. The molecule has 0 aromatic heterocycles. The number of hydrogen-bond donors (Lipinski definition) is 3. The van der Waals surface area contributed by atoms with Gasteiger partial charge in [0, 0.05) is 18.8 Å². The standard InChI is InChI=1S/C13H19N3O3S/c1-2-10(5-6-17)9-16-20(18,19)13-4-3-12(15)7-11(13)8-14/h3-4,7,10,16-17H,2,5-6,9,15H2,1H3. The van der Waals surface area contributed by atoms with Crippen molar-refractivity contribution in [3.05, 3.63) is 23.8 Å². The van der Waals surface area contributed by atoms with E-state index < -0.39 is 10.0 Å². The minimum Gasteiger partial charge on any atom is -0.399 e. The summed E-state index contributed by atoms with van der Waals surface area (Å²) in [5.41, 5.74) is 5.90. The summed E-state index contributed by atoms with van der Waals surface area (Å²) in [6.45, 7) is 2.18. The smallest absolute Gasteiger partial charge is 0.241 e. The number of aliphatic hydroxyl groups is 1. The van der Waals surface area contributed by atoms with E-state index in [4.69, 9.17) is 16.1 Å². The van der Waals surface area contributed by atoms with Crippen LogP contribution in [-0.2, 0) is 10.0 Å². The Kier molecular flexibility index (Phi) is 5.95. The van der Waals surface area contributed by atoms with Gasteiger partial charge in [-0.05, 0) is 30.5 Å². The number of rotatable bonds is 7. The Bertz CT molecular complexity index is 593. The van der Waals surface area contributed by atoms with Crippen molar-refractivity contribution in [3.8, 4) is 6.07 Å². The summed E-state index contributed by atoms with van der Waals surface area (Å²) < 4.78 is 26.8. The summed E-state index contributed by atoms with van der Waals surface area (Å²) in [6, 6.07) is 5.93. The van der Waals surface area contributed by atoms with Gasteiger partial charge in [-0.3, -0.25) is 0 Å². The molecule has 20 heavy (non-hydrogen) atoms. The fourth-order valence-corrected chi connectivity index (χ4v) is 3.06. The first kappa shape index (κ1) is 16.4. The average Bonchev–Trinajstić information content (AvgIpc) is 2.42. The number of anilines is 1. The van der Waals surface area contributed by atoms with Crippen LogP contribution in [-0.4, -0.2) is 26.7 Å². The minimum atomic E-state index is -3.75. The van der Waals surface area contributed by atoms with Crippen LogP contribution in [0.1, 0.15) is 25.3 Å². The van der Waals surface area contributed by atoms with Gasteiger partial charge in [0.05, 0.1) is 10.5 Å². The molecule has 1 unspecified atom stereocenters. The van der Waals surface area contributed by atoms with Crippen molar-refractivity contribution < 1.29 is 13.5 Å². The van der Waals surface area contributed by atoms with Gasteiger partial charge in [-0.15, -0.1) is 0 Å². The van der Waals surface area contributed by atoms with Crippen LogP contribution >= 0.6 is 0 Å². The zero-order valence-corrected chi connectivity index (χ0v) is 12.2. The van der Waals surface area contributed by atoms with Crippen LogP contribution in [0.3, 0.4) is 0 Å². The molecule has 1 aromatic carbocycles. The predicted octanol–water partition coefficient (Wildman–Crippen LogP) is 0.827. The lowest BCUT2D eigenvalue weighted by Gasteiger charge is -2.15. The summed E-state index contributed by atoms with van der Waals surface area (Å²) >= 11 is 0. The highest BCUT2D eigenvalue weighted by molar-refractivity contribution is 7.89. The van der Waals surface area contributed by atoms with E-state index in [1.165, 1.54) is 18.2 Å². The van der Waals surface area contributed by atoms with Crippen LogP contribution in [0.5, 0.6) is 0 Å². The molecule has 0 heterocycles. The molecule has 0 saturated carbocycles. The van der Waals surface area contributed by atoms with Crippen LogP contribution in [0.25, 0.3) is 0 Å². The van der Waals surface area contributed by atoms with Gasteiger partial charge in [-0.1, -0.05) is 13.3 Å². The third kappa shape index (κ3) is 4.20. The van der Waals surface area contributed by atoms with Crippen molar-refractivity contribution >= 4 is 15.7 Å². The number of sulfonamides is 1. The molecule has 1 atom stereocenters. The number of nitrogens with zero attached hydrogens (tertiary/aromatic N) is 1. The van der Waals surface area contributed by atoms with E-state index >= 15 is 0 Å². The minimum absolute atomic E-state index is 0.0194. The van der Waals surface area contributed by atoms with Crippen LogP contribution in [0.4, 0.5) is 5.69 Å². The van der Waals surface area contributed by atoms with Crippen molar-refractivity contribution in [2.75, 3.05) is 18.9 Å². The Balaban J connectivity index is 2.92. The van der Waals surface area contributed by atoms with E-state index in [2.05, 4.69) is 4.72 Å². The number of aliphatic hydroxyl groups excluding tert-OH is 1. The van der Waals surface area contributed by atoms with Crippen molar-refractivity contribution in [2.24, 2.45) is 5.92 Å². The molecule has 0 aliphatic rings. The Hall–Kier alpha value is -1.62. The lowest BCUT2D eigenvalue weighted by Crippen LogP contribution is -2.30. The highest BCUT2D eigenvalue weighted by Gasteiger charge is 2.20. The van der Waals surface area contributed by atoms with Crippen LogP contribution in [0, 0.1) is 17.2 Å². The molecule has 0 aliphatic heterocycles. The molecule has 110 valence electrons. The van der Waals surface area contributed by atoms with Crippen LogP contribution < -0.4 is 10.5 Å². The summed E-state index contributed by atoms with van der Waals surface area (Å²) in [5, 5.41) is 17.9. The van der Waals surface area contributed by atoms with E-state index in [1.54, 1.807) is 0 Å². The van der Waals surface area contributed by atoms with Gasteiger partial charge in [0.15, 0.2) is 0 Å². The molecule has 6 nitrogen and oxygen atoms in total. The molecule has 0 amide bonds. The summed E-state index contributed by atoms with van der Waals surface area (Å²) in [5.74, 6) is 0.0640. The van der Waals surface area contributed by atoms with Gasteiger partial charge in [0.25, 0.3) is 0 Å². The summed E-state index contributed by atoms with van der Waals surface area (Å²) in [7, 11) is -3.75. The fourth-order valence-electron chi connectivity index (χ4n) is 1.81. The molecule has 0 saturated heterocycles. The normalized spacial score (nSPS) is 12.8. The largest absolute Gasteiger partial charge is 0.399 e. The van der Waals surface area contributed by atoms with Gasteiger partial charge < -0.3 is 10.8 Å². The van der Waals surface area contributed by atoms with Gasteiger partial charge in [-0.25, -0.2) is 13.1 Å². The van der Waals surface area contributed by atoms with E-state index in [-0.39, 0.29) is 29.5 Å². The van der Waals surface area contributed by atoms with Crippen LogP contribution in [0.2, 0.25) is 0 Å². The maximum absolute atomic E-state index is 12.2. The van der Waals surface area contributed by atoms with Gasteiger partial charge in [0.2, 0.25) is 10.0 Å². The quantitative estimate of drug-likeness (QED) is 0.644. The number of nitriles is 1. The molecular formula is C13H19N3O3S. The topological polar surface area (TPSA) is 116 Å². The number of benzene rings is 1. The zero-order chi connectivity index (χ0) is 15.2. The van der Waals surface area contributed by atoms with Crippen molar-refractivity contribution in [2.45, 2.75) is 24.7 Å². The average molecular weight is 297 g/mol. The first-order valence-corrected chi connectivity index (χ1v) is 7.83. The zero-order valence-electron chi connectivity index (χ0n) is 11.3. The number of nitrogens with one attached hydrogen (secondary N) is 1. The second-order valence-corrected chi connectivity index (χ2v) is 6.24. The van der Waals surface area contributed by atoms with E-state index in [0.29, 0.717) is 12.1 Å². The predicted molar refractivity (Wildman–Crippen MR) is 76.2 cm³/mol. The Morgan fingerprint density at radius 1 is 1.50 bits per heavy atom. The molecule has 0 aliphatic carbocycles. The second kappa shape index (κ2) is 7.24. The summed E-state index contributed by atoms with van der Waals surface area (Å²) in [4.78, 5) is -0.0759. The van der Waals surface area contributed by atoms with Gasteiger partial charge in [0.1, 0.15) is 6.07 Å². The lowest BCUT2D eigenvalue weighted by molar-refractivity contribution is 0.254. The van der Waals surface area contributed by atoms with Crippen molar-refractivity contribution in [3.63, 3.8) is 0 Å². The number of nitrogens with two attached hydrogens (primary N) is 1.